The molecule has 0 aromatic heterocycles. The van der Waals surface area contributed by atoms with Crippen molar-refractivity contribution in [2.24, 2.45) is 11.3 Å². The third-order valence-corrected chi connectivity index (χ3v) is 8.16. The van der Waals surface area contributed by atoms with Crippen molar-refractivity contribution >= 4 is 17.9 Å². The Balaban J connectivity index is 1.08. The Morgan fingerprint density at radius 2 is 1.53 bits per heavy atom. The van der Waals surface area contributed by atoms with Crippen molar-refractivity contribution in [2.45, 2.75) is 45.1 Å². The van der Waals surface area contributed by atoms with Crippen LogP contribution in [0.2, 0.25) is 0 Å². The molecule has 3 aliphatic rings. The molecule has 1 spiro atoms. The van der Waals surface area contributed by atoms with Crippen LogP contribution < -0.4 is 5.32 Å². The van der Waals surface area contributed by atoms with Crippen LogP contribution in [0.4, 0.5) is 4.79 Å². The highest BCUT2D eigenvalue weighted by atomic mass is 16.6. The number of ether oxygens (including phenoxy) is 1. The van der Waals surface area contributed by atoms with Gasteiger partial charge in [0.15, 0.2) is 0 Å². The number of rotatable bonds is 5. The van der Waals surface area contributed by atoms with Crippen molar-refractivity contribution in [3.8, 4) is 11.1 Å². The van der Waals surface area contributed by atoms with E-state index in [1.165, 1.54) is 0 Å². The normalized spacial score (nSPS) is 21.2. The number of likely N-dealkylation sites (tertiary alicyclic amines) is 2. The molecule has 1 aliphatic carbocycles. The molecule has 190 valence electrons. The quantitative estimate of drug-likeness (QED) is 0.678. The Kier molecular flexibility index (Phi) is 6.99. The van der Waals surface area contributed by atoms with E-state index in [0.717, 1.165) is 43.2 Å². The zero-order valence-electron chi connectivity index (χ0n) is 20.9. The fourth-order valence-corrected chi connectivity index (χ4v) is 5.77. The molecule has 2 aromatic rings. The molecule has 0 radical (unpaired) electrons. The molecule has 2 heterocycles. The molecule has 1 saturated carbocycles. The van der Waals surface area contributed by atoms with Gasteiger partial charge in [0.05, 0.1) is 6.61 Å². The second-order valence-electron chi connectivity index (χ2n) is 10.3. The Hall–Kier alpha value is -3.35. The Bertz CT molecular complexity index is 1090. The number of carbonyl (C=O) groups excluding carboxylic acids is 3. The highest BCUT2D eigenvalue weighted by Gasteiger charge is 2.58. The fraction of sp³-hybridized carbons (Fsp3) is 0.483. The van der Waals surface area contributed by atoms with Gasteiger partial charge in [-0.15, -0.1) is 0 Å². The second kappa shape index (κ2) is 10.3. The molecule has 3 amide bonds. The summed E-state index contributed by atoms with van der Waals surface area (Å²) in [6.45, 7) is 4.80. The number of piperidine rings is 2. The van der Waals surface area contributed by atoms with E-state index in [9.17, 15) is 14.4 Å². The smallest absolute Gasteiger partial charge is 0.409 e. The molecule has 7 nitrogen and oxygen atoms in total. The largest absolute Gasteiger partial charge is 0.450 e. The summed E-state index contributed by atoms with van der Waals surface area (Å²) in [5, 5.41) is 3.22. The highest BCUT2D eigenvalue weighted by molar-refractivity contribution is 5.95. The van der Waals surface area contributed by atoms with E-state index in [2.05, 4.69) is 17.4 Å². The minimum Gasteiger partial charge on any atom is -0.450 e. The summed E-state index contributed by atoms with van der Waals surface area (Å²) < 4.78 is 5.07. The molecule has 36 heavy (non-hydrogen) atoms. The predicted octanol–water partition coefficient (Wildman–Crippen LogP) is 4.33. The van der Waals surface area contributed by atoms with Crippen molar-refractivity contribution in [1.29, 1.82) is 0 Å². The third kappa shape index (κ3) is 5.11. The first kappa shape index (κ1) is 24.3. The van der Waals surface area contributed by atoms with Gasteiger partial charge in [0.25, 0.3) is 5.91 Å². The summed E-state index contributed by atoms with van der Waals surface area (Å²) in [5.41, 5.74) is 3.00. The van der Waals surface area contributed by atoms with Crippen LogP contribution >= 0.6 is 0 Å². The molecule has 0 bridgehead atoms. The van der Waals surface area contributed by atoms with Crippen LogP contribution in [0.25, 0.3) is 11.1 Å². The maximum atomic E-state index is 13.1. The van der Waals surface area contributed by atoms with Gasteiger partial charge in [-0.05, 0) is 67.7 Å². The van der Waals surface area contributed by atoms with Gasteiger partial charge in [-0.3, -0.25) is 9.59 Å². The van der Waals surface area contributed by atoms with Gasteiger partial charge >= 0.3 is 6.09 Å². The van der Waals surface area contributed by atoms with Crippen LogP contribution in [0.15, 0.2) is 54.6 Å². The van der Waals surface area contributed by atoms with Crippen molar-refractivity contribution in [1.82, 2.24) is 15.1 Å². The maximum Gasteiger partial charge on any atom is 0.409 e. The molecular formula is C29H35N3O4. The van der Waals surface area contributed by atoms with Gasteiger partial charge in [-0.25, -0.2) is 4.79 Å². The highest BCUT2D eigenvalue weighted by Crippen LogP contribution is 2.59. The first-order valence-electron chi connectivity index (χ1n) is 13.2. The van der Waals surface area contributed by atoms with Gasteiger partial charge in [-0.1, -0.05) is 42.5 Å². The molecule has 5 rings (SSSR count). The molecule has 2 aliphatic heterocycles. The monoisotopic (exact) mass is 489 g/mol. The molecular weight excluding hydrogens is 454 g/mol. The Morgan fingerprint density at radius 3 is 2.17 bits per heavy atom. The van der Waals surface area contributed by atoms with E-state index >= 15 is 0 Å². The lowest BCUT2D eigenvalue weighted by Gasteiger charge is -2.34. The summed E-state index contributed by atoms with van der Waals surface area (Å²) >= 11 is 0. The molecule has 2 saturated heterocycles. The lowest BCUT2D eigenvalue weighted by Crippen LogP contribution is -2.47. The van der Waals surface area contributed by atoms with Crippen LogP contribution in [0, 0.1) is 11.3 Å². The van der Waals surface area contributed by atoms with Gasteiger partial charge in [0.1, 0.15) is 0 Å². The van der Waals surface area contributed by atoms with Crippen LogP contribution in [0.3, 0.4) is 0 Å². The van der Waals surface area contributed by atoms with Gasteiger partial charge in [-0.2, -0.15) is 0 Å². The lowest BCUT2D eigenvalue weighted by atomic mass is 9.90. The van der Waals surface area contributed by atoms with E-state index in [-0.39, 0.29) is 35.3 Å². The minimum absolute atomic E-state index is 0.0444. The van der Waals surface area contributed by atoms with E-state index in [4.69, 9.17) is 4.74 Å². The van der Waals surface area contributed by atoms with Crippen molar-refractivity contribution < 1.29 is 19.1 Å². The third-order valence-electron chi connectivity index (χ3n) is 8.16. The van der Waals surface area contributed by atoms with E-state index in [1.807, 2.05) is 47.4 Å². The number of carbonyl (C=O) groups is 3. The van der Waals surface area contributed by atoms with E-state index in [0.29, 0.717) is 38.3 Å². The summed E-state index contributed by atoms with van der Waals surface area (Å²) in [6.07, 6.45) is 3.91. The summed E-state index contributed by atoms with van der Waals surface area (Å²) in [6, 6.07) is 18.1. The lowest BCUT2D eigenvalue weighted by molar-refractivity contribution is -0.124. The van der Waals surface area contributed by atoms with Gasteiger partial charge in [0, 0.05) is 43.7 Å². The van der Waals surface area contributed by atoms with Crippen LogP contribution in [0.5, 0.6) is 0 Å². The summed E-state index contributed by atoms with van der Waals surface area (Å²) in [7, 11) is 0. The molecule has 1 N–H and O–H groups in total. The number of hydrogen-bond donors (Lipinski definition) is 1. The van der Waals surface area contributed by atoms with E-state index < -0.39 is 0 Å². The SMILES string of the molecule is CCOC(=O)N1CCC(NC(=O)[C@H]2CC23CCN(C(=O)c2ccc(-c4ccccc4)cc2)CC3)CC1. The first-order valence-corrected chi connectivity index (χ1v) is 13.2. The number of amides is 3. The molecule has 7 heteroatoms. The number of hydrogen-bond acceptors (Lipinski definition) is 4. The van der Waals surface area contributed by atoms with Crippen molar-refractivity contribution in [3.63, 3.8) is 0 Å². The fourth-order valence-electron chi connectivity index (χ4n) is 5.77. The standard InChI is InChI=1S/C29H35N3O4/c1-2-36-28(35)32-16-12-24(13-17-32)30-26(33)25-20-29(25)14-18-31(19-15-29)27(34)23-10-8-22(9-11-23)21-6-4-3-5-7-21/h3-11,24-25H,2,12-20H2,1H3,(H,30,33)/t25-/m1/s1. The second-order valence-corrected chi connectivity index (χ2v) is 10.3. The zero-order valence-corrected chi connectivity index (χ0v) is 20.9. The molecule has 2 aromatic carbocycles. The van der Waals surface area contributed by atoms with Crippen molar-refractivity contribution in [3.05, 3.63) is 60.2 Å². The van der Waals surface area contributed by atoms with Gasteiger partial charge in [0.2, 0.25) is 5.91 Å². The van der Waals surface area contributed by atoms with Crippen molar-refractivity contribution in [2.75, 3.05) is 32.8 Å². The predicted molar refractivity (Wildman–Crippen MR) is 137 cm³/mol. The molecule has 0 unspecified atom stereocenters. The van der Waals surface area contributed by atoms with Crippen LogP contribution in [-0.2, 0) is 9.53 Å². The van der Waals surface area contributed by atoms with Crippen LogP contribution in [0.1, 0.15) is 49.4 Å². The summed E-state index contributed by atoms with van der Waals surface area (Å²) in [4.78, 5) is 41.6. The van der Waals surface area contributed by atoms with E-state index in [1.54, 1.807) is 11.8 Å². The first-order chi connectivity index (χ1) is 17.5. The average molecular weight is 490 g/mol. The topological polar surface area (TPSA) is 79.0 Å². The Morgan fingerprint density at radius 1 is 0.889 bits per heavy atom. The molecule has 3 fully saturated rings. The number of benzene rings is 2. The van der Waals surface area contributed by atoms with Crippen LogP contribution in [-0.4, -0.2) is 66.5 Å². The maximum absolute atomic E-state index is 13.1. The zero-order chi connectivity index (χ0) is 25.1. The Labute approximate surface area is 212 Å². The summed E-state index contributed by atoms with van der Waals surface area (Å²) in [5.74, 6) is 0.253. The minimum atomic E-state index is -0.267. The number of nitrogens with zero attached hydrogens (tertiary/aromatic N) is 2. The number of nitrogens with one attached hydrogen (secondary N) is 1. The van der Waals surface area contributed by atoms with Gasteiger partial charge < -0.3 is 19.9 Å². The molecule has 1 atom stereocenters. The average Bonchev–Trinajstić information content (AvgIpc) is 3.63.